The van der Waals surface area contributed by atoms with Crippen LogP contribution in [0.5, 0.6) is 0 Å². The van der Waals surface area contributed by atoms with Crippen LogP contribution in [0, 0.1) is 20.8 Å². The fourth-order valence-corrected chi connectivity index (χ4v) is 4.77. The molecule has 0 radical (unpaired) electrons. The summed E-state index contributed by atoms with van der Waals surface area (Å²) in [5.74, 6) is 1.68. The molecule has 3 nitrogen and oxygen atoms in total. The van der Waals surface area contributed by atoms with E-state index >= 15 is 0 Å². The van der Waals surface area contributed by atoms with Crippen molar-refractivity contribution >= 4 is 47.0 Å². The van der Waals surface area contributed by atoms with Gasteiger partial charge in [-0.05, 0) is 79.9 Å². The van der Waals surface area contributed by atoms with Gasteiger partial charge >= 0.3 is 0 Å². The van der Waals surface area contributed by atoms with Crippen molar-refractivity contribution in [2.24, 2.45) is 0 Å². The van der Waals surface area contributed by atoms with Gasteiger partial charge in [-0.1, -0.05) is 72.8 Å². The van der Waals surface area contributed by atoms with Crippen LogP contribution in [0.25, 0.3) is 0 Å². The first-order valence-corrected chi connectivity index (χ1v) is 12.5. The Morgan fingerprint density at radius 1 is 0.444 bits per heavy atom. The van der Waals surface area contributed by atoms with Gasteiger partial charge in [-0.2, -0.15) is 0 Å². The maximum absolute atomic E-state index is 5.26. The third-order valence-electron chi connectivity index (χ3n) is 6.37. The second kappa shape index (κ2) is 10.3. The number of thiol groups is 1. The smallest absolute Gasteiger partial charge is 0.140 e. The van der Waals surface area contributed by atoms with Gasteiger partial charge in [0, 0.05) is 4.90 Å². The van der Waals surface area contributed by atoms with E-state index in [0.29, 0.717) is 0 Å². The van der Waals surface area contributed by atoms with E-state index in [-0.39, 0.29) is 0 Å². The topological polar surface area (TPSA) is 19.4 Å². The predicted molar refractivity (Wildman–Crippen MR) is 155 cm³/mol. The fourth-order valence-electron chi connectivity index (χ4n) is 4.51. The summed E-state index contributed by atoms with van der Waals surface area (Å²) in [6.45, 7) is 6.41. The molecule has 0 fully saturated rings. The number of nitrogens with zero attached hydrogens (tertiary/aromatic N) is 3. The van der Waals surface area contributed by atoms with Crippen LogP contribution in [0.3, 0.4) is 0 Å². The second-order valence-electron chi connectivity index (χ2n) is 8.87. The normalized spacial score (nSPS) is 10.8. The predicted octanol–water partition coefficient (Wildman–Crippen LogP) is 9.24. The van der Waals surface area contributed by atoms with Crippen LogP contribution < -0.4 is 9.80 Å². The lowest BCUT2D eigenvalue weighted by atomic mass is 10.1. The molecule has 36 heavy (non-hydrogen) atoms. The summed E-state index contributed by atoms with van der Waals surface area (Å²) in [6, 6.07) is 39.6. The van der Waals surface area contributed by atoms with Gasteiger partial charge in [0.15, 0.2) is 0 Å². The van der Waals surface area contributed by atoms with Gasteiger partial charge < -0.3 is 0 Å². The van der Waals surface area contributed by atoms with Crippen LogP contribution in [0.2, 0.25) is 0 Å². The molecule has 0 amide bonds. The Morgan fingerprint density at radius 3 is 1.22 bits per heavy atom. The highest BCUT2D eigenvalue weighted by Crippen LogP contribution is 2.41. The van der Waals surface area contributed by atoms with Crippen LogP contribution >= 0.6 is 12.6 Å². The van der Waals surface area contributed by atoms with Gasteiger partial charge in [0.1, 0.15) is 11.6 Å². The van der Waals surface area contributed by atoms with Crippen LogP contribution in [0.1, 0.15) is 16.7 Å². The Morgan fingerprint density at radius 2 is 0.806 bits per heavy atom. The first kappa shape index (κ1) is 23.7. The van der Waals surface area contributed by atoms with E-state index in [1.54, 1.807) is 0 Å². The molecule has 0 aliphatic heterocycles. The van der Waals surface area contributed by atoms with Gasteiger partial charge in [-0.25, -0.2) is 4.98 Å². The fraction of sp³-hybridized carbons (Fsp3) is 0.0938. The van der Waals surface area contributed by atoms with Crippen molar-refractivity contribution in [2.45, 2.75) is 25.7 Å². The summed E-state index contributed by atoms with van der Waals surface area (Å²) in [5, 5.41) is 0. The van der Waals surface area contributed by atoms with E-state index in [1.165, 1.54) is 11.1 Å². The molecule has 0 N–H and O–H groups in total. The van der Waals surface area contributed by atoms with E-state index in [1.807, 2.05) is 18.2 Å². The maximum atomic E-state index is 5.26. The molecule has 5 rings (SSSR count). The molecule has 1 aromatic heterocycles. The minimum atomic E-state index is 0.829. The Bertz CT molecular complexity index is 1310. The first-order chi connectivity index (χ1) is 17.5. The molecule has 4 heteroatoms. The van der Waals surface area contributed by atoms with Crippen molar-refractivity contribution in [3.8, 4) is 0 Å². The number of benzene rings is 4. The Labute approximate surface area is 219 Å². The molecular formula is C32H29N3S. The van der Waals surface area contributed by atoms with Crippen LogP contribution in [0.15, 0.2) is 120 Å². The molecule has 1 heterocycles. The zero-order valence-electron chi connectivity index (χ0n) is 20.8. The molecule has 0 saturated heterocycles. The summed E-state index contributed by atoms with van der Waals surface area (Å²) < 4.78 is 0. The summed E-state index contributed by atoms with van der Waals surface area (Å²) in [6.07, 6.45) is 0. The molecular weight excluding hydrogens is 458 g/mol. The molecule has 4 aromatic carbocycles. The van der Waals surface area contributed by atoms with E-state index in [4.69, 9.17) is 17.6 Å². The lowest BCUT2D eigenvalue weighted by Crippen LogP contribution is -2.17. The Hall–Kier alpha value is -4.02. The molecule has 0 atom stereocenters. The average molecular weight is 488 g/mol. The molecule has 178 valence electrons. The number of pyridine rings is 1. The van der Waals surface area contributed by atoms with Gasteiger partial charge in [0.2, 0.25) is 0 Å². The summed E-state index contributed by atoms with van der Waals surface area (Å²) in [7, 11) is 0. The minimum absolute atomic E-state index is 0.829. The zero-order chi connectivity index (χ0) is 25.1. The van der Waals surface area contributed by atoms with Crippen molar-refractivity contribution in [3.63, 3.8) is 0 Å². The van der Waals surface area contributed by atoms with Crippen molar-refractivity contribution in [2.75, 3.05) is 9.80 Å². The van der Waals surface area contributed by atoms with Crippen molar-refractivity contribution in [1.82, 2.24) is 4.98 Å². The Balaban J connectivity index is 1.73. The standard InChI is InChI=1S/C32H29N3S/c1-23-13-4-7-16-26(23)34(27-17-8-5-14-24(27)2)31-21-12-22-32(33-31)35(28-18-9-6-15-25(28)3)29-19-10-11-20-30(29)36/h4-22,36H,1-3H3. The number of hydrogen-bond donors (Lipinski definition) is 1. The zero-order valence-corrected chi connectivity index (χ0v) is 21.7. The van der Waals surface area contributed by atoms with E-state index in [2.05, 4.69) is 128 Å². The molecule has 5 aromatic rings. The number of para-hydroxylation sites is 4. The third-order valence-corrected chi connectivity index (χ3v) is 6.75. The summed E-state index contributed by atoms with van der Waals surface area (Å²) in [5.41, 5.74) is 7.80. The van der Waals surface area contributed by atoms with Crippen molar-refractivity contribution < 1.29 is 0 Å². The SMILES string of the molecule is Cc1ccccc1N(c1cccc(N(c2ccccc2C)c2ccccc2S)n1)c1ccccc1C. The molecule has 0 aliphatic carbocycles. The quantitative estimate of drug-likeness (QED) is 0.241. The summed E-state index contributed by atoms with van der Waals surface area (Å²) >= 11 is 4.80. The second-order valence-corrected chi connectivity index (χ2v) is 9.35. The highest BCUT2D eigenvalue weighted by atomic mass is 32.1. The largest absolute Gasteiger partial charge is 0.294 e. The van der Waals surface area contributed by atoms with Crippen LogP contribution in [-0.2, 0) is 0 Å². The molecule has 0 saturated carbocycles. The van der Waals surface area contributed by atoms with Crippen LogP contribution in [-0.4, -0.2) is 4.98 Å². The maximum Gasteiger partial charge on any atom is 0.140 e. The van der Waals surface area contributed by atoms with Gasteiger partial charge in [-0.3, -0.25) is 9.80 Å². The molecule has 0 bridgehead atoms. The number of rotatable bonds is 6. The van der Waals surface area contributed by atoms with Gasteiger partial charge in [-0.15, -0.1) is 12.6 Å². The minimum Gasteiger partial charge on any atom is -0.294 e. The monoisotopic (exact) mass is 487 g/mol. The molecule has 0 unspecified atom stereocenters. The highest BCUT2D eigenvalue weighted by Gasteiger charge is 2.21. The number of aromatic nitrogens is 1. The highest BCUT2D eigenvalue weighted by molar-refractivity contribution is 7.80. The first-order valence-electron chi connectivity index (χ1n) is 12.1. The van der Waals surface area contributed by atoms with Gasteiger partial charge in [0.25, 0.3) is 0 Å². The van der Waals surface area contributed by atoms with E-state index in [0.717, 1.165) is 44.8 Å². The third kappa shape index (κ3) is 4.60. The van der Waals surface area contributed by atoms with E-state index in [9.17, 15) is 0 Å². The lowest BCUT2D eigenvalue weighted by Gasteiger charge is -2.30. The molecule has 0 spiro atoms. The van der Waals surface area contributed by atoms with E-state index < -0.39 is 0 Å². The number of hydrogen-bond acceptors (Lipinski definition) is 4. The number of aryl methyl sites for hydroxylation is 3. The average Bonchev–Trinajstić information content (AvgIpc) is 2.89. The van der Waals surface area contributed by atoms with Crippen molar-refractivity contribution in [3.05, 3.63) is 132 Å². The van der Waals surface area contributed by atoms with Crippen LogP contribution in [0.4, 0.5) is 34.4 Å². The number of anilines is 6. The summed E-state index contributed by atoms with van der Waals surface area (Å²) in [4.78, 5) is 10.6. The van der Waals surface area contributed by atoms with Crippen molar-refractivity contribution in [1.29, 1.82) is 0 Å². The van der Waals surface area contributed by atoms with Gasteiger partial charge in [0.05, 0.1) is 22.7 Å². The Kier molecular flexibility index (Phi) is 6.79. The molecule has 0 aliphatic rings. The lowest BCUT2D eigenvalue weighted by molar-refractivity contribution is 1.10.